The van der Waals surface area contributed by atoms with Crippen molar-refractivity contribution in [3.63, 3.8) is 0 Å². The molecule has 2 atom stereocenters. The first kappa shape index (κ1) is 16.0. The molecule has 0 radical (unpaired) electrons. The van der Waals surface area contributed by atoms with E-state index in [1.54, 1.807) is 0 Å². The number of aliphatic hydroxyl groups is 1. The smallest absolute Gasteiger partial charge is 0.225 e. The molecule has 4 heteroatoms. The van der Waals surface area contributed by atoms with E-state index in [0.717, 1.165) is 12.0 Å². The van der Waals surface area contributed by atoms with Crippen LogP contribution < -0.4 is 5.32 Å². The number of hydrogen-bond donors (Lipinski definition) is 2. The highest BCUT2D eigenvalue weighted by Crippen LogP contribution is 2.24. The molecule has 1 aromatic carbocycles. The summed E-state index contributed by atoms with van der Waals surface area (Å²) >= 11 is 0. The van der Waals surface area contributed by atoms with Gasteiger partial charge in [-0.3, -0.25) is 4.79 Å². The Labute approximate surface area is 126 Å². The Morgan fingerprint density at radius 3 is 2.57 bits per heavy atom. The summed E-state index contributed by atoms with van der Waals surface area (Å²) in [4.78, 5) is 11.9. The molecule has 1 amide bonds. The lowest BCUT2D eigenvalue weighted by Crippen LogP contribution is -2.34. The highest BCUT2D eigenvalue weighted by atomic mass is 16.5. The summed E-state index contributed by atoms with van der Waals surface area (Å²) in [5.74, 6) is -0.0988. The fourth-order valence-electron chi connectivity index (χ4n) is 2.41. The summed E-state index contributed by atoms with van der Waals surface area (Å²) < 4.78 is 5.19. The molecule has 1 heterocycles. The van der Waals surface area contributed by atoms with Crippen molar-refractivity contribution >= 4 is 5.91 Å². The van der Waals surface area contributed by atoms with Crippen LogP contribution in [-0.4, -0.2) is 30.8 Å². The molecule has 1 saturated heterocycles. The standard InChI is InChI=1S/C17H25NO3/c1-17(2,3)14-6-4-12(5-7-14)15(19)10-18-16(20)13-8-9-21-11-13/h4-7,13,15,19H,8-11H2,1-3H3,(H,18,20). The zero-order valence-electron chi connectivity index (χ0n) is 13.1. The van der Waals surface area contributed by atoms with Crippen molar-refractivity contribution in [1.29, 1.82) is 0 Å². The van der Waals surface area contributed by atoms with Gasteiger partial charge in [-0.25, -0.2) is 0 Å². The van der Waals surface area contributed by atoms with Gasteiger partial charge in [0.2, 0.25) is 5.91 Å². The number of benzene rings is 1. The summed E-state index contributed by atoms with van der Waals surface area (Å²) in [5.41, 5.74) is 2.15. The van der Waals surface area contributed by atoms with Gasteiger partial charge in [-0.1, -0.05) is 45.0 Å². The zero-order valence-corrected chi connectivity index (χ0v) is 13.1. The maximum absolute atomic E-state index is 11.9. The van der Waals surface area contributed by atoms with Gasteiger partial charge in [0, 0.05) is 13.2 Å². The van der Waals surface area contributed by atoms with Crippen LogP contribution in [0.15, 0.2) is 24.3 Å². The first-order valence-corrected chi connectivity index (χ1v) is 7.52. The molecule has 4 nitrogen and oxygen atoms in total. The third-order valence-corrected chi connectivity index (χ3v) is 3.93. The second kappa shape index (κ2) is 6.58. The molecule has 116 valence electrons. The number of rotatable bonds is 4. The second-order valence-corrected chi connectivity index (χ2v) is 6.69. The van der Waals surface area contributed by atoms with Crippen LogP contribution in [0.25, 0.3) is 0 Å². The van der Waals surface area contributed by atoms with Gasteiger partial charge in [0.25, 0.3) is 0 Å². The Balaban J connectivity index is 1.88. The van der Waals surface area contributed by atoms with Crippen molar-refractivity contribution in [1.82, 2.24) is 5.32 Å². The molecule has 1 aliphatic rings. The average Bonchev–Trinajstić information content (AvgIpc) is 2.98. The van der Waals surface area contributed by atoms with E-state index in [4.69, 9.17) is 4.74 Å². The third-order valence-electron chi connectivity index (χ3n) is 3.93. The van der Waals surface area contributed by atoms with Crippen LogP contribution in [0, 0.1) is 5.92 Å². The molecule has 0 bridgehead atoms. The molecule has 0 aromatic heterocycles. The first-order valence-electron chi connectivity index (χ1n) is 7.52. The van der Waals surface area contributed by atoms with Crippen LogP contribution in [-0.2, 0) is 14.9 Å². The number of aliphatic hydroxyl groups excluding tert-OH is 1. The topological polar surface area (TPSA) is 58.6 Å². The minimum Gasteiger partial charge on any atom is -0.387 e. The van der Waals surface area contributed by atoms with Gasteiger partial charge < -0.3 is 15.2 Å². The van der Waals surface area contributed by atoms with Crippen molar-refractivity contribution in [3.05, 3.63) is 35.4 Å². The Morgan fingerprint density at radius 1 is 1.38 bits per heavy atom. The SMILES string of the molecule is CC(C)(C)c1ccc(C(O)CNC(=O)C2CCOC2)cc1. The summed E-state index contributed by atoms with van der Waals surface area (Å²) in [7, 11) is 0. The molecule has 0 spiro atoms. The Bertz CT molecular complexity index is 470. The van der Waals surface area contributed by atoms with Crippen molar-refractivity contribution < 1.29 is 14.6 Å². The maximum atomic E-state index is 11.9. The van der Waals surface area contributed by atoms with Gasteiger partial charge in [0.15, 0.2) is 0 Å². The van der Waals surface area contributed by atoms with Gasteiger partial charge in [-0.15, -0.1) is 0 Å². The number of amides is 1. The van der Waals surface area contributed by atoms with Gasteiger partial charge in [-0.05, 0) is 23.0 Å². The van der Waals surface area contributed by atoms with Crippen LogP contribution >= 0.6 is 0 Å². The van der Waals surface area contributed by atoms with Crippen LogP contribution in [0.4, 0.5) is 0 Å². The molecule has 2 N–H and O–H groups in total. The minimum atomic E-state index is -0.676. The first-order chi connectivity index (χ1) is 9.88. The monoisotopic (exact) mass is 291 g/mol. The average molecular weight is 291 g/mol. The predicted molar refractivity (Wildman–Crippen MR) is 82.0 cm³/mol. The van der Waals surface area contributed by atoms with Crippen molar-refractivity contribution in [2.24, 2.45) is 5.92 Å². The molecule has 2 rings (SSSR count). The normalized spacial score (nSPS) is 20.3. The fourth-order valence-corrected chi connectivity index (χ4v) is 2.41. The zero-order chi connectivity index (χ0) is 15.5. The van der Waals surface area contributed by atoms with Crippen molar-refractivity contribution in [3.8, 4) is 0 Å². The highest BCUT2D eigenvalue weighted by molar-refractivity contribution is 5.79. The quantitative estimate of drug-likeness (QED) is 0.894. The van der Waals surface area contributed by atoms with E-state index >= 15 is 0 Å². The summed E-state index contributed by atoms with van der Waals surface area (Å²) in [6, 6.07) is 7.92. The number of hydrogen-bond acceptors (Lipinski definition) is 3. The lowest BCUT2D eigenvalue weighted by Gasteiger charge is -2.20. The lowest BCUT2D eigenvalue weighted by molar-refractivity contribution is -0.125. The van der Waals surface area contributed by atoms with Crippen molar-refractivity contribution in [2.75, 3.05) is 19.8 Å². The van der Waals surface area contributed by atoms with Crippen LogP contribution in [0.1, 0.15) is 44.4 Å². The van der Waals surface area contributed by atoms with E-state index in [0.29, 0.717) is 13.2 Å². The second-order valence-electron chi connectivity index (χ2n) is 6.69. The van der Waals surface area contributed by atoms with E-state index in [2.05, 4.69) is 26.1 Å². The Morgan fingerprint density at radius 2 is 2.05 bits per heavy atom. The summed E-state index contributed by atoms with van der Waals surface area (Å²) in [6.45, 7) is 7.84. The van der Waals surface area contributed by atoms with Crippen LogP contribution in [0.5, 0.6) is 0 Å². The highest BCUT2D eigenvalue weighted by Gasteiger charge is 2.24. The van der Waals surface area contributed by atoms with Gasteiger partial charge in [0.1, 0.15) is 0 Å². The van der Waals surface area contributed by atoms with E-state index in [-0.39, 0.29) is 23.8 Å². The molecular formula is C17H25NO3. The summed E-state index contributed by atoms with van der Waals surface area (Å²) in [5, 5.41) is 13.0. The number of carbonyl (C=O) groups is 1. The predicted octanol–water partition coefficient (Wildman–Crippen LogP) is 2.17. The fraction of sp³-hybridized carbons (Fsp3) is 0.588. The molecule has 0 aliphatic carbocycles. The number of nitrogens with one attached hydrogen (secondary N) is 1. The van der Waals surface area contributed by atoms with E-state index in [1.807, 2.05) is 24.3 Å². The Hall–Kier alpha value is -1.39. The Kier molecular flexibility index (Phi) is 5.01. The molecule has 1 aromatic rings. The molecule has 21 heavy (non-hydrogen) atoms. The van der Waals surface area contributed by atoms with E-state index < -0.39 is 6.10 Å². The molecular weight excluding hydrogens is 266 g/mol. The third kappa shape index (κ3) is 4.29. The summed E-state index contributed by atoms with van der Waals surface area (Å²) in [6.07, 6.45) is 0.0904. The molecule has 1 fully saturated rings. The van der Waals surface area contributed by atoms with Crippen LogP contribution in [0.2, 0.25) is 0 Å². The van der Waals surface area contributed by atoms with Crippen LogP contribution in [0.3, 0.4) is 0 Å². The largest absolute Gasteiger partial charge is 0.387 e. The molecule has 1 aliphatic heterocycles. The molecule has 2 unspecified atom stereocenters. The van der Waals surface area contributed by atoms with Gasteiger partial charge in [0.05, 0.1) is 18.6 Å². The maximum Gasteiger partial charge on any atom is 0.225 e. The van der Waals surface area contributed by atoms with Gasteiger partial charge in [-0.2, -0.15) is 0 Å². The minimum absolute atomic E-state index is 0.0298. The van der Waals surface area contributed by atoms with Crippen molar-refractivity contribution in [2.45, 2.75) is 38.7 Å². The molecule has 0 saturated carbocycles. The number of ether oxygens (including phenoxy) is 1. The van der Waals surface area contributed by atoms with E-state index in [1.165, 1.54) is 5.56 Å². The van der Waals surface area contributed by atoms with E-state index in [9.17, 15) is 9.90 Å². The van der Waals surface area contributed by atoms with Gasteiger partial charge >= 0.3 is 0 Å². The number of carbonyl (C=O) groups excluding carboxylic acids is 1. The lowest BCUT2D eigenvalue weighted by atomic mass is 9.86.